The highest BCUT2D eigenvalue weighted by Crippen LogP contribution is 2.25. The van der Waals surface area contributed by atoms with E-state index in [9.17, 15) is 17.6 Å². The van der Waals surface area contributed by atoms with Crippen molar-refractivity contribution in [3.05, 3.63) is 77.4 Å². The molecule has 0 aliphatic heterocycles. The number of aromatic amines is 1. The summed E-state index contributed by atoms with van der Waals surface area (Å²) in [6.07, 6.45) is 4.35. The zero-order chi connectivity index (χ0) is 19.7. The largest absolute Gasteiger partial charge is 0.356 e. The molecule has 0 saturated heterocycles. The lowest BCUT2D eigenvalue weighted by molar-refractivity contribution is 0.102. The standard InChI is InChI=1S/C20H18FN3O3S/c21-17-6-1-2-7-18(17)24-28(26,27)16-11-19(22-12-16)20(25)23-15-9-8-13-4-3-5-14(13)10-15/h1-2,6-12,22,24H,3-5H2,(H,23,25). The maximum atomic E-state index is 13.7. The van der Waals surface area contributed by atoms with Gasteiger partial charge < -0.3 is 10.3 Å². The predicted octanol–water partition coefficient (Wildman–Crippen LogP) is 3.70. The average molecular weight is 399 g/mol. The Kier molecular flexibility index (Phi) is 4.64. The number of para-hydroxylation sites is 1. The average Bonchev–Trinajstić information content (AvgIpc) is 3.32. The number of aryl methyl sites for hydroxylation is 2. The lowest BCUT2D eigenvalue weighted by atomic mass is 10.1. The molecule has 0 radical (unpaired) electrons. The topological polar surface area (TPSA) is 91.1 Å². The number of amides is 1. The van der Waals surface area contributed by atoms with Gasteiger partial charge in [0.05, 0.1) is 5.69 Å². The van der Waals surface area contributed by atoms with Crippen molar-refractivity contribution in [1.82, 2.24) is 4.98 Å². The van der Waals surface area contributed by atoms with Gasteiger partial charge >= 0.3 is 0 Å². The van der Waals surface area contributed by atoms with E-state index in [1.807, 2.05) is 18.2 Å². The van der Waals surface area contributed by atoms with E-state index in [1.165, 1.54) is 41.6 Å². The summed E-state index contributed by atoms with van der Waals surface area (Å²) >= 11 is 0. The van der Waals surface area contributed by atoms with Gasteiger partial charge in [0.1, 0.15) is 16.4 Å². The van der Waals surface area contributed by atoms with Crippen LogP contribution in [0.25, 0.3) is 0 Å². The fourth-order valence-corrected chi connectivity index (χ4v) is 4.32. The number of carbonyl (C=O) groups is 1. The zero-order valence-electron chi connectivity index (χ0n) is 14.8. The Balaban J connectivity index is 1.50. The summed E-state index contributed by atoms with van der Waals surface area (Å²) in [6.45, 7) is 0. The third-order valence-corrected chi connectivity index (χ3v) is 6.03. The van der Waals surface area contributed by atoms with Gasteiger partial charge in [0.25, 0.3) is 15.9 Å². The number of aromatic nitrogens is 1. The SMILES string of the molecule is O=C(Nc1ccc2c(c1)CCC2)c1cc(S(=O)(=O)Nc2ccccc2F)c[nH]1. The fraction of sp³-hybridized carbons (Fsp3) is 0.150. The summed E-state index contributed by atoms with van der Waals surface area (Å²) in [5.41, 5.74) is 3.11. The summed E-state index contributed by atoms with van der Waals surface area (Å²) in [4.78, 5) is 15.0. The summed E-state index contributed by atoms with van der Waals surface area (Å²) in [5.74, 6) is -1.14. The second-order valence-electron chi connectivity index (χ2n) is 6.63. The van der Waals surface area contributed by atoms with Crippen LogP contribution in [0, 0.1) is 5.82 Å². The second-order valence-corrected chi connectivity index (χ2v) is 8.31. The zero-order valence-corrected chi connectivity index (χ0v) is 15.6. The Labute approximate surface area is 161 Å². The molecule has 4 rings (SSSR count). The minimum atomic E-state index is -4.03. The minimum absolute atomic E-state index is 0.0920. The molecule has 0 saturated carbocycles. The van der Waals surface area contributed by atoms with E-state index < -0.39 is 21.7 Å². The van der Waals surface area contributed by atoms with E-state index in [-0.39, 0.29) is 16.3 Å². The lowest BCUT2D eigenvalue weighted by Gasteiger charge is -2.07. The summed E-state index contributed by atoms with van der Waals surface area (Å²) in [6, 6.07) is 12.5. The molecule has 1 aliphatic rings. The van der Waals surface area contributed by atoms with Gasteiger partial charge in [0.15, 0.2) is 0 Å². The van der Waals surface area contributed by atoms with E-state index in [4.69, 9.17) is 0 Å². The quantitative estimate of drug-likeness (QED) is 0.611. The molecule has 3 N–H and O–H groups in total. The molecule has 28 heavy (non-hydrogen) atoms. The van der Waals surface area contributed by atoms with Crippen LogP contribution < -0.4 is 10.0 Å². The third-order valence-electron chi connectivity index (χ3n) is 4.69. The van der Waals surface area contributed by atoms with E-state index >= 15 is 0 Å². The van der Waals surface area contributed by atoms with Gasteiger partial charge in [-0.05, 0) is 60.7 Å². The van der Waals surface area contributed by atoms with Crippen LogP contribution in [0.3, 0.4) is 0 Å². The monoisotopic (exact) mass is 399 g/mol. The molecule has 2 aromatic carbocycles. The second kappa shape index (κ2) is 7.12. The number of rotatable bonds is 5. The smallest absolute Gasteiger partial charge is 0.272 e. The molecule has 1 heterocycles. The van der Waals surface area contributed by atoms with Crippen LogP contribution in [-0.2, 0) is 22.9 Å². The molecule has 0 bridgehead atoms. The van der Waals surface area contributed by atoms with E-state index in [1.54, 1.807) is 0 Å². The van der Waals surface area contributed by atoms with Crippen LogP contribution in [0.4, 0.5) is 15.8 Å². The molecule has 8 heteroatoms. The number of nitrogens with one attached hydrogen (secondary N) is 3. The molecule has 3 aromatic rings. The number of carbonyl (C=O) groups excluding carboxylic acids is 1. The maximum Gasteiger partial charge on any atom is 0.272 e. The minimum Gasteiger partial charge on any atom is -0.356 e. The summed E-state index contributed by atoms with van der Waals surface area (Å²) in [7, 11) is -4.03. The van der Waals surface area contributed by atoms with Crippen LogP contribution in [0.5, 0.6) is 0 Å². The Morgan fingerprint density at radius 2 is 1.82 bits per heavy atom. The number of sulfonamides is 1. The van der Waals surface area contributed by atoms with Gasteiger partial charge in [-0.1, -0.05) is 18.2 Å². The number of anilines is 2. The molecule has 1 aliphatic carbocycles. The number of halogens is 1. The van der Waals surface area contributed by atoms with Crippen LogP contribution in [-0.4, -0.2) is 19.3 Å². The van der Waals surface area contributed by atoms with E-state index in [0.717, 1.165) is 25.3 Å². The van der Waals surface area contributed by atoms with E-state index in [0.29, 0.717) is 5.69 Å². The molecule has 144 valence electrons. The Morgan fingerprint density at radius 1 is 1.04 bits per heavy atom. The van der Waals surface area contributed by atoms with E-state index in [2.05, 4.69) is 15.0 Å². The van der Waals surface area contributed by atoms with Crippen molar-refractivity contribution in [2.75, 3.05) is 10.0 Å². The number of hydrogen-bond acceptors (Lipinski definition) is 3. The van der Waals surface area contributed by atoms with Crippen LogP contribution in [0.2, 0.25) is 0 Å². The molecule has 0 spiro atoms. The van der Waals surface area contributed by atoms with Crippen molar-refractivity contribution in [3.8, 4) is 0 Å². The van der Waals surface area contributed by atoms with Crippen molar-refractivity contribution in [1.29, 1.82) is 0 Å². The first-order valence-corrected chi connectivity index (χ1v) is 10.3. The van der Waals surface area contributed by atoms with Gasteiger partial charge in [-0.3, -0.25) is 9.52 Å². The Bertz CT molecular complexity index is 1160. The Morgan fingerprint density at radius 3 is 2.64 bits per heavy atom. The van der Waals surface area contributed by atoms with Gasteiger partial charge in [-0.15, -0.1) is 0 Å². The molecule has 0 fully saturated rings. The molecule has 1 aromatic heterocycles. The molecular weight excluding hydrogens is 381 g/mol. The summed E-state index contributed by atoms with van der Waals surface area (Å²) in [5, 5.41) is 2.77. The van der Waals surface area contributed by atoms with Gasteiger partial charge in [0, 0.05) is 11.9 Å². The van der Waals surface area contributed by atoms with Crippen molar-refractivity contribution in [3.63, 3.8) is 0 Å². The predicted molar refractivity (Wildman–Crippen MR) is 104 cm³/mol. The van der Waals surface area contributed by atoms with Crippen LogP contribution in [0.15, 0.2) is 59.6 Å². The number of hydrogen-bond donors (Lipinski definition) is 3. The van der Waals surface area contributed by atoms with Gasteiger partial charge in [-0.2, -0.15) is 0 Å². The van der Waals surface area contributed by atoms with Gasteiger partial charge in [0.2, 0.25) is 0 Å². The van der Waals surface area contributed by atoms with Crippen molar-refractivity contribution in [2.45, 2.75) is 24.2 Å². The van der Waals surface area contributed by atoms with Crippen LogP contribution in [0.1, 0.15) is 28.0 Å². The first-order valence-electron chi connectivity index (χ1n) is 8.81. The highest BCUT2D eigenvalue weighted by Gasteiger charge is 2.20. The first-order chi connectivity index (χ1) is 13.4. The molecule has 6 nitrogen and oxygen atoms in total. The van der Waals surface area contributed by atoms with Gasteiger partial charge in [-0.25, -0.2) is 12.8 Å². The molecule has 0 unspecified atom stereocenters. The number of benzene rings is 2. The van der Waals surface area contributed by atoms with Crippen molar-refractivity contribution in [2.24, 2.45) is 0 Å². The number of H-pyrrole nitrogens is 1. The fourth-order valence-electron chi connectivity index (χ4n) is 3.26. The Hall–Kier alpha value is -3.13. The van der Waals surface area contributed by atoms with Crippen LogP contribution >= 0.6 is 0 Å². The van der Waals surface area contributed by atoms with Crippen molar-refractivity contribution < 1.29 is 17.6 Å². The highest BCUT2D eigenvalue weighted by molar-refractivity contribution is 7.92. The first kappa shape index (κ1) is 18.2. The third kappa shape index (κ3) is 3.63. The molecular formula is C20H18FN3O3S. The molecule has 0 atom stereocenters. The molecule has 1 amide bonds. The normalized spacial score (nSPS) is 13.2. The highest BCUT2D eigenvalue weighted by atomic mass is 32.2. The number of fused-ring (bicyclic) bond motifs is 1. The lowest BCUT2D eigenvalue weighted by Crippen LogP contribution is -2.14. The maximum absolute atomic E-state index is 13.7. The van der Waals surface area contributed by atoms with Crippen molar-refractivity contribution >= 4 is 27.3 Å². The summed E-state index contributed by atoms with van der Waals surface area (Å²) < 4.78 is 40.8.